The molecule has 0 saturated carbocycles. The van der Waals surface area contributed by atoms with E-state index in [0.29, 0.717) is 0 Å². The Balaban J connectivity index is 1.14. The van der Waals surface area contributed by atoms with Gasteiger partial charge in [-0.3, -0.25) is 0 Å². The number of thiophene rings is 1. The van der Waals surface area contributed by atoms with Gasteiger partial charge in [-0.15, -0.1) is 11.3 Å². The van der Waals surface area contributed by atoms with Gasteiger partial charge in [-0.2, -0.15) is 0 Å². The van der Waals surface area contributed by atoms with Crippen LogP contribution in [0.4, 0.5) is 0 Å². The van der Waals surface area contributed by atoms with Gasteiger partial charge < -0.3 is 9.13 Å². The monoisotopic (exact) mass is 664 g/mol. The molecule has 3 aromatic heterocycles. The van der Waals surface area contributed by atoms with Gasteiger partial charge in [0, 0.05) is 58.5 Å². The van der Waals surface area contributed by atoms with Crippen molar-refractivity contribution in [3.8, 4) is 11.4 Å². The lowest BCUT2D eigenvalue weighted by Gasteiger charge is -2.14. The summed E-state index contributed by atoms with van der Waals surface area (Å²) in [7, 11) is 0. The first-order valence-corrected chi connectivity index (χ1v) is 18.3. The largest absolute Gasteiger partial charge is 0.309 e. The van der Waals surface area contributed by atoms with E-state index in [1.54, 1.807) is 0 Å². The van der Waals surface area contributed by atoms with Crippen LogP contribution in [0.3, 0.4) is 0 Å². The van der Waals surface area contributed by atoms with E-state index in [1.807, 2.05) is 11.3 Å². The van der Waals surface area contributed by atoms with Gasteiger partial charge in [0.15, 0.2) is 0 Å². The summed E-state index contributed by atoms with van der Waals surface area (Å²) < 4.78 is 7.58. The molecule has 0 bridgehead atoms. The Kier molecular flexibility index (Phi) is 5.41. The summed E-state index contributed by atoms with van der Waals surface area (Å²) in [6.45, 7) is 0. The minimum Gasteiger partial charge on any atom is -0.309 e. The predicted octanol–water partition coefficient (Wildman–Crippen LogP) is 13.7. The molecule has 12 aromatic rings. The lowest BCUT2D eigenvalue weighted by molar-refractivity contribution is 1.15. The fraction of sp³-hybridized carbons (Fsp3) is 0. The maximum absolute atomic E-state index is 2.48. The van der Waals surface area contributed by atoms with E-state index >= 15 is 0 Å². The first kappa shape index (κ1) is 27.4. The molecule has 0 atom stereocenters. The number of rotatable bonds is 2. The van der Waals surface area contributed by atoms with Crippen LogP contribution in [0.25, 0.3) is 107 Å². The third kappa shape index (κ3) is 3.65. The molecule has 0 aliphatic heterocycles. The lowest BCUT2D eigenvalue weighted by Crippen LogP contribution is -1.98. The Morgan fingerprint density at radius 2 is 0.922 bits per heavy atom. The van der Waals surface area contributed by atoms with Crippen LogP contribution in [-0.4, -0.2) is 9.13 Å². The number of hydrogen-bond donors (Lipinski definition) is 0. The highest BCUT2D eigenvalue weighted by molar-refractivity contribution is 7.25. The Labute approximate surface area is 296 Å². The third-order valence-corrected chi connectivity index (χ3v) is 12.2. The van der Waals surface area contributed by atoms with Crippen molar-refractivity contribution < 1.29 is 0 Å². The number of aromatic nitrogens is 2. The Hall–Kier alpha value is -6.42. The van der Waals surface area contributed by atoms with E-state index in [9.17, 15) is 0 Å². The number of nitrogens with zero attached hydrogens (tertiary/aromatic N) is 2. The van der Waals surface area contributed by atoms with E-state index in [-0.39, 0.29) is 0 Å². The zero-order valence-electron chi connectivity index (χ0n) is 27.5. The second-order valence-electron chi connectivity index (χ2n) is 13.7. The zero-order chi connectivity index (χ0) is 33.2. The average molecular weight is 665 g/mol. The van der Waals surface area contributed by atoms with Crippen LogP contribution in [0.2, 0.25) is 0 Å². The standard InChI is InChI=1S/C48H28N2S/c1-2-12-32-29(11-1)21-26-38-46(32)35-15-3-4-16-36(35)48-47(38)37-17-6-9-19-42(37)50(48)31-24-22-30(23-25-31)49-41-18-8-5-13-33(41)39-27-40-34-14-7-10-20-44(34)51-45(40)28-43(39)49/h1-28H. The van der Waals surface area contributed by atoms with Crippen molar-refractivity contribution in [1.29, 1.82) is 0 Å². The SMILES string of the molecule is c1ccc2c(c1)ccc1c2c2ccccc2c2c1c1ccccc1n2-c1ccc(-n2c3ccccc3c3cc4c(cc32)sc2ccccc24)cc1. The second kappa shape index (κ2) is 10.1. The summed E-state index contributed by atoms with van der Waals surface area (Å²) in [6, 6.07) is 62.9. The summed E-state index contributed by atoms with van der Waals surface area (Å²) >= 11 is 1.88. The molecule has 0 unspecified atom stereocenters. The van der Waals surface area contributed by atoms with Crippen molar-refractivity contribution in [3.63, 3.8) is 0 Å². The van der Waals surface area contributed by atoms with Crippen molar-refractivity contribution in [3.05, 3.63) is 170 Å². The molecule has 236 valence electrons. The Morgan fingerprint density at radius 3 is 1.73 bits per heavy atom. The smallest absolute Gasteiger partial charge is 0.0625 e. The van der Waals surface area contributed by atoms with Gasteiger partial charge in [0.2, 0.25) is 0 Å². The maximum Gasteiger partial charge on any atom is 0.0625 e. The summed E-state index contributed by atoms with van der Waals surface area (Å²) in [5.74, 6) is 0. The van der Waals surface area contributed by atoms with Crippen LogP contribution in [0.1, 0.15) is 0 Å². The number of fused-ring (bicyclic) bond motifs is 16. The van der Waals surface area contributed by atoms with Gasteiger partial charge in [-0.1, -0.05) is 115 Å². The maximum atomic E-state index is 2.48. The van der Waals surface area contributed by atoms with Crippen molar-refractivity contribution in [2.24, 2.45) is 0 Å². The van der Waals surface area contributed by atoms with Crippen molar-refractivity contribution in [1.82, 2.24) is 9.13 Å². The quantitative estimate of drug-likeness (QED) is 0.163. The van der Waals surface area contributed by atoms with Gasteiger partial charge in [-0.25, -0.2) is 0 Å². The molecule has 0 aliphatic carbocycles. The molecular weight excluding hydrogens is 637 g/mol. The topological polar surface area (TPSA) is 9.86 Å². The minimum absolute atomic E-state index is 1.16. The van der Waals surface area contributed by atoms with Crippen molar-refractivity contribution in [2.75, 3.05) is 0 Å². The molecule has 0 radical (unpaired) electrons. The molecule has 12 rings (SSSR count). The molecule has 0 N–H and O–H groups in total. The summed E-state index contributed by atoms with van der Waals surface area (Å²) in [5, 5.41) is 15.6. The van der Waals surface area contributed by atoms with E-state index < -0.39 is 0 Å². The first-order chi connectivity index (χ1) is 25.3. The second-order valence-corrected chi connectivity index (χ2v) is 14.7. The van der Waals surface area contributed by atoms with Gasteiger partial charge in [0.1, 0.15) is 0 Å². The Morgan fingerprint density at radius 1 is 0.314 bits per heavy atom. The molecule has 0 amide bonds. The highest BCUT2D eigenvalue weighted by Crippen LogP contribution is 2.45. The Bertz CT molecular complexity index is 3410. The molecule has 0 saturated heterocycles. The molecule has 3 heterocycles. The third-order valence-electron chi connectivity index (χ3n) is 11.1. The number of benzene rings is 9. The molecule has 0 aliphatic rings. The lowest BCUT2D eigenvalue weighted by atomic mass is 9.93. The van der Waals surface area contributed by atoms with E-state index in [1.165, 1.54) is 96.1 Å². The molecule has 0 spiro atoms. The molecule has 51 heavy (non-hydrogen) atoms. The van der Waals surface area contributed by atoms with Gasteiger partial charge in [0.05, 0.1) is 22.1 Å². The predicted molar refractivity (Wildman–Crippen MR) is 221 cm³/mol. The van der Waals surface area contributed by atoms with Crippen LogP contribution in [0, 0.1) is 0 Å². The summed E-state index contributed by atoms with van der Waals surface area (Å²) in [5.41, 5.74) is 7.26. The van der Waals surface area contributed by atoms with Crippen LogP contribution in [0.5, 0.6) is 0 Å². The number of hydrogen-bond acceptors (Lipinski definition) is 1. The number of para-hydroxylation sites is 2. The summed E-state index contributed by atoms with van der Waals surface area (Å²) in [4.78, 5) is 0. The minimum atomic E-state index is 1.16. The highest BCUT2D eigenvalue weighted by Gasteiger charge is 2.21. The van der Waals surface area contributed by atoms with E-state index in [0.717, 1.165) is 11.4 Å². The van der Waals surface area contributed by atoms with Crippen LogP contribution < -0.4 is 0 Å². The highest BCUT2D eigenvalue weighted by atomic mass is 32.1. The molecule has 0 fully saturated rings. The van der Waals surface area contributed by atoms with E-state index in [4.69, 9.17) is 0 Å². The van der Waals surface area contributed by atoms with Crippen molar-refractivity contribution >= 4 is 107 Å². The normalized spacial score (nSPS) is 12.3. The van der Waals surface area contributed by atoms with Crippen LogP contribution in [-0.2, 0) is 0 Å². The zero-order valence-corrected chi connectivity index (χ0v) is 28.3. The molecular formula is C48H28N2S. The van der Waals surface area contributed by atoms with Crippen LogP contribution in [0.15, 0.2) is 170 Å². The average Bonchev–Trinajstić information content (AvgIpc) is 3.84. The summed E-state index contributed by atoms with van der Waals surface area (Å²) in [6.07, 6.45) is 0. The first-order valence-electron chi connectivity index (χ1n) is 17.5. The van der Waals surface area contributed by atoms with Crippen molar-refractivity contribution in [2.45, 2.75) is 0 Å². The molecule has 3 heteroatoms. The molecule has 2 nitrogen and oxygen atoms in total. The van der Waals surface area contributed by atoms with E-state index in [2.05, 4.69) is 179 Å². The molecule has 9 aromatic carbocycles. The van der Waals surface area contributed by atoms with Gasteiger partial charge in [0.25, 0.3) is 0 Å². The van der Waals surface area contributed by atoms with Crippen LogP contribution >= 0.6 is 11.3 Å². The fourth-order valence-corrected chi connectivity index (χ4v) is 10.1. The van der Waals surface area contributed by atoms with Gasteiger partial charge >= 0.3 is 0 Å². The van der Waals surface area contributed by atoms with Gasteiger partial charge in [-0.05, 0) is 81.5 Å². The fourth-order valence-electron chi connectivity index (χ4n) is 8.93.